The summed E-state index contributed by atoms with van der Waals surface area (Å²) in [4.78, 5) is 138. The fourth-order valence-corrected chi connectivity index (χ4v) is 14.8. The molecular weight excluding hydrogens is 1640 g/mol. The molecule has 11 heterocycles. The number of anilines is 10. The lowest BCUT2D eigenvalue weighted by Gasteiger charge is -2.10. The molecule has 0 saturated carbocycles. The molecule has 128 heavy (non-hydrogen) atoms. The number of aromatic nitrogens is 22. The molecule has 0 saturated heterocycles. The van der Waals surface area contributed by atoms with E-state index in [-0.39, 0.29) is 28.2 Å². The molecule has 1 aliphatic rings. The van der Waals surface area contributed by atoms with Crippen molar-refractivity contribution in [3.63, 3.8) is 0 Å². The standard InChI is InChI=1S/C23H21N7OS.C20H17N5O2.C17H17N5O.C17H19N5O.C16H17N5O2/c1-13-10-15(12-32-23-28-19-6-4-5-7-20(19)29-23)26-21(24-13)30-22-25-14(2)17-11-16(31-3)8-9-18(17)27-22;1-12-15-9-8-14(27-2)10-17(15)23-19(21-12)25-20-22-16(11-18(26)24-20)13-6-4-3-5-7-13;1-9-6-7-14-12(8-9)10(2)18-16(20-14)22-17-19-13-5-3-4-11(13)15(23)21-17;1-8-6-13-12(5)19-16(20-14(13)7-9(8)2)22-17-18-11(4)10(3)15(23)21-17;1-8-9(2)17-16(20-14(8)22)21-15-18-10(3)12-7-11(23-4)5-6-13(12)19-15/h4-11H,12H2,1-3H3,(H,28,29)(H,24,25,26,27,30);3-11H,1-2H3,(H2,21,22,23,24,25,26);6-8H,3-5H2,1-2H3,(H2,18,19,20,21,22,23);6-7H,1-5H3,(H2,18,19,20,21,22,23);5-7H,1-4H3,(H2,17,18,19,20,21,22). The summed E-state index contributed by atoms with van der Waals surface area (Å²) in [7, 11) is 4.87. The van der Waals surface area contributed by atoms with Crippen molar-refractivity contribution < 1.29 is 14.2 Å². The van der Waals surface area contributed by atoms with Crippen LogP contribution in [0.15, 0.2) is 176 Å². The van der Waals surface area contributed by atoms with E-state index in [9.17, 15) is 19.2 Å². The third-order valence-electron chi connectivity index (χ3n) is 21.1. The fourth-order valence-electron chi connectivity index (χ4n) is 14.0. The lowest BCUT2D eigenvalue weighted by Crippen LogP contribution is -2.16. The van der Waals surface area contributed by atoms with Gasteiger partial charge in [0, 0.05) is 84.2 Å². The molecule has 34 nitrogen and oxygen atoms in total. The van der Waals surface area contributed by atoms with Crippen LogP contribution in [0.25, 0.3) is 76.8 Å². The Morgan fingerprint density at radius 3 is 1.37 bits per heavy atom. The molecule has 0 aliphatic heterocycles. The van der Waals surface area contributed by atoms with E-state index in [4.69, 9.17) is 14.2 Å². The molecule has 18 aromatic rings. The monoisotopic (exact) mass is 1730 g/mol. The molecule has 0 spiro atoms. The first-order valence-corrected chi connectivity index (χ1v) is 41.8. The Kier molecular flexibility index (Phi) is 25.8. The minimum Gasteiger partial charge on any atom is -0.497 e. The summed E-state index contributed by atoms with van der Waals surface area (Å²) in [6, 6.07) is 48.1. The van der Waals surface area contributed by atoms with Gasteiger partial charge in [-0.3, -0.25) is 65.7 Å². The van der Waals surface area contributed by atoms with E-state index in [0.29, 0.717) is 93.2 Å². The molecule has 11 aromatic heterocycles. The maximum atomic E-state index is 12.1. The Morgan fingerprint density at radius 2 is 0.805 bits per heavy atom. The molecule has 0 amide bonds. The molecule has 646 valence electrons. The zero-order valence-corrected chi connectivity index (χ0v) is 73.9. The van der Waals surface area contributed by atoms with E-state index in [1.54, 1.807) is 60.8 Å². The number of para-hydroxylation sites is 2. The number of thioether (sulfide) groups is 1. The van der Waals surface area contributed by atoms with E-state index in [1.807, 2.05) is 182 Å². The Morgan fingerprint density at radius 1 is 0.344 bits per heavy atom. The van der Waals surface area contributed by atoms with Crippen molar-refractivity contribution in [2.45, 2.75) is 120 Å². The van der Waals surface area contributed by atoms with E-state index in [2.05, 4.69) is 162 Å². The van der Waals surface area contributed by atoms with Gasteiger partial charge >= 0.3 is 0 Å². The zero-order chi connectivity index (χ0) is 90.1. The van der Waals surface area contributed by atoms with Crippen molar-refractivity contribution in [2.24, 2.45) is 0 Å². The number of nitrogens with one attached hydrogen (secondary N) is 10. The number of fused-ring (bicyclic) bond motifs is 7. The van der Waals surface area contributed by atoms with Gasteiger partial charge in [0.15, 0.2) is 5.16 Å². The summed E-state index contributed by atoms with van der Waals surface area (Å²) < 4.78 is 15.8. The maximum absolute atomic E-state index is 12.1. The number of imidazole rings is 1. The number of aryl methyl sites for hydroxylation is 12. The van der Waals surface area contributed by atoms with Crippen LogP contribution in [0, 0.1) is 90.0 Å². The highest BCUT2D eigenvalue weighted by Crippen LogP contribution is 2.31. The predicted molar refractivity (Wildman–Crippen MR) is 500 cm³/mol. The van der Waals surface area contributed by atoms with Crippen molar-refractivity contribution in [3.8, 4) is 28.5 Å². The van der Waals surface area contributed by atoms with E-state index >= 15 is 0 Å². The number of hydrogen-bond donors (Lipinski definition) is 10. The SMILES string of the molecule is COc1ccc2c(C)nc(Nc3nc(-c4ccccc4)cc(=O)[nH]3)nc2c1.COc1ccc2nc(Nc3nc(C)c(C)c(=O)[nH]3)nc(C)c2c1.COc1ccc2nc(Nc3nc(C)cc(CSc4nc5ccccc5[nH]4)n3)nc(C)c2c1.Cc1cc2nc(Nc3nc(C)c(C)c(=O)[nH]3)nc(C)c2cc1C.Cc1ccc2nc(Nc3nc4c(c(=O)[nH]3)CCC4)nc(C)c2c1. The number of rotatable bonds is 17. The number of ether oxygens (including phenoxy) is 3. The molecule has 0 unspecified atom stereocenters. The largest absolute Gasteiger partial charge is 0.497 e. The van der Waals surface area contributed by atoms with Gasteiger partial charge in [-0.05, 0) is 211 Å². The summed E-state index contributed by atoms with van der Waals surface area (Å²) in [5, 5.41) is 20.8. The van der Waals surface area contributed by atoms with Crippen LogP contribution in [-0.2, 0) is 18.6 Å². The van der Waals surface area contributed by atoms with Crippen molar-refractivity contribution in [2.75, 3.05) is 47.9 Å². The highest BCUT2D eigenvalue weighted by atomic mass is 32.2. The second-order valence-electron chi connectivity index (χ2n) is 30.4. The van der Waals surface area contributed by atoms with Gasteiger partial charge in [-0.1, -0.05) is 65.9 Å². The number of methoxy groups -OCH3 is 3. The van der Waals surface area contributed by atoms with Crippen molar-refractivity contribution in [1.29, 1.82) is 0 Å². The molecule has 10 N–H and O–H groups in total. The number of H-pyrrole nitrogens is 5. The Bertz CT molecular complexity index is 7520. The maximum Gasteiger partial charge on any atom is 0.255 e. The smallest absolute Gasteiger partial charge is 0.255 e. The molecule has 19 rings (SSSR count). The summed E-state index contributed by atoms with van der Waals surface area (Å²) in [5.41, 5.74) is 20.6. The van der Waals surface area contributed by atoms with Gasteiger partial charge in [0.05, 0.1) is 105 Å². The predicted octanol–water partition coefficient (Wildman–Crippen LogP) is 16.3. The Balaban J connectivity index is 0.000000124. The zero-order valence-electron chi connectivity index (χ0n) is 73.1. The number of hydrogen-bond acceptors (Lipinski definition) is 30. The van der Waals surface area contributed by atoms with Gasteiger partial charge in [0.25, 0.3) is 22.2 Å². The quantitative estimate of drug-likeness (QED) is 0.0379. The third kappa shape index (κ3) is 20.6. The molecule has 0 radical (unpaired) electrons. The molecular formula is C93H91N27O7S. The lowest BCUT2D eigenvalue weighted by atomic mass is 10.1. The van der Waals surface area contributed by atoms with E-state index < -0.39 is 0 Å². The minimum absolute atomic E-state index is 0.0665. The number of benzene rings is 7. The van der Waals surface area contributed by atoms with Gasteiger partial charge in [0.2, 0.25) is 59.5 Å². The highest BCUT2D eigenvalue weighted by Gasteiger charge is 2.20. The van der Waals surface area contributed by atoms with Gasteiger partial charge in [-0.15, -0.1) is 0 Å². The van der Waals surface area contributed by atoms with Crippen molar-refractivity contribution >= 4 is 137 Å². The van der Waals surface area contributed by atoms with Gasteiger partial charge in [-0.25, -0.2) is 84.7 Å². The van der Waals surface area contributed by atoms with Crippen molar-refractivity contribution in [1.82, 2.24) is 110 Å². The third-order valence-corrected chi connectivity index (χ3v) is 22.1. The van der Waals surface area contributed by atoms with Gasteiger partial charge < -0.3 is 19.2 Å². The second kappa shape index (κ2) is 38.0. The van der Waals surface area contributed by atoms with Crippen LogP contribution < -0.4 is 63.0 Å². The van der Waals surface area contributed by atoms with Crippen LogP contribution in [0.4, 0.5) is 59.5 Å². The van der Waals surface area contributed by atoms with Crippen LogP contribution >= 0.6 is 11.8 Å². The molecule has 0 atom stereocenters. The molecule has 7 aromatic carbocycles. The van der Waals surface area contributed by atoms with Crippen LogP contribution in [0.2, 0.25) is 0 Å². The summed E-state index contributed by atoms with van der Waals surface area (Å²) in [5.74, 6) is 6.79. The summed E-state index contributed by atoms with van der Waals surface area (Å²) >= 11 is 1.60. The molecule has 35 heteroatoms. The molecule has 0 bridgehead atoms. The van der Waals surface area contributed by atoms with Crippen LogP contribution in [0.1, 0.15) is 96.7 Å². The van der Waals surface area contributed by atoms with Crippen LogP contribution in [-0.4, -0.2) is 131 Å². The topological polar surface area (TPSA) is 454 Å². The van der Waals surface area contributed by atoms with Crippen molar-refractivity contribution in [3.05, 3.63) is 283 Å². The van der Waals surface area contributed by atoms with Crippen LogP contribution in [0.3, 0.4) is 0 Å². The summed E-state index contributed by atoms with van der Waals surface area (Å²) in [6.45, 7) is 24.8. The number of nitrogens with zero attached hydrogens (tertiary/aromatic N) is 17. The summed E-state index contributed by atoms with van der Waals surface area (Å²) in [6.07, 6.45) is 2.65. The molecule has 0 fully saturated rings. The average molecular weight is 1730 g/mol. The van der Waals surface area contributed by atoms with Gasteiger partial charge in [0.1, 0.15) is 17.2 Å². The fraction of sp³-hybridized carbons (Fsp3) is 0.215. The number of aromatic amines is 5. The normalized spacial score (nSPS) is 11.4. The first-order valence-electron chi connectivity index (χ1n) is 40.8. The second-order valence-corrected chi connectivity index (χ2v) is 31.3. The van der Waals surface area contributed by atoms with Gasteiger partial charge in [-0.2, -0.15) is 0 Å². The first kappa shape index (κ1) is 87.0. The Hall–Kier alpha value is -15.9. The highest BCUT2D eigenvalue weighted by molar-refractivity contribution is 7.98. The first-order chi connectivity index (χ1) is 61.6. The van der Waals surface area contributed by atoms with Crippen LogP contribution in [0.5, 0.6) is 17.2 Å². The lowest BCUT2D eigenvalue weighted by molar-refractivity contribution is 0.415. The minimum atomic E-state index is -0.259. The Labute approximate surface area is 736 Å². The van der Waals surface area contributed by atoms with E-state index in [1.165, 1.54) is 22.8 Å². The average Bonchev–Trinajstić information content (AvgIpc) is 1.40. The molecule has 1 aliphatic carbocycles. The van der Waals surface area contributed by atoms with E-state index in [0.717, 1.165) is 158 Å².